The van der Waals surface area contributed by atoms with Crippen LogP contribution in [0.25, 0.3) is 0 Å². The molecule has 0 bridgehead atoms. The maximum absolute atomic E-state index is 13.9. The van der Waals surface area contributed by atoms with Crippen molar-refractivity contribution in [1.82, 2.24) is 9.88 Å². The van der Waals surface area contributed by atoms with Crippen molar-refractivity contribution in [2.24, 2.45) is 0 Å². The number of hydrogen-bond acceptors (Lipinski definition) is 2. The molecule has 2 rings (SSSR count). The second-order valence-electron chi connectivity index (χ2n) is 4.48. The van der Waals surface area contributed by atoms with Crippen molar-refractivity contribution in [3.8, 4) is 0 Å². The lowest BCUT2D eigenvalue weighted by Gasteiger charge is -2.09. The molecule has 0 aliphatic carbocycles. The molecule has 0 saturated carbocycles. The molecule has 4 nitrogen and oxygen atoms in total. The van der Waals surface area contributed by atoms with Crippen molar-refractivity contribution >= 4 is 5.91 Å². The number of carbonyl (C=O) groups excluding carboxylic acids is 1. The van der Waals surface area contributed by atoms with Crippen LogP contribution in [-0.2, 0) is 6.54 Å². The van der Waals surface area contributed by atoms with E-state index in [0.29, 0.717) is 11.1 Å². The van der Waals surface area contributed by atoms with Crippen LogP contribution in [-0.4, -0.2) is 17.5 Å². The Morgan fingerprint density at radius 2 is 2.05 bits per heavy atom. The third kappa shape index (κ3) is 2.61. The van der Waals surface area contributed by atoms with E-state index in [1.54, 1.807) is 31.2 Å². The monoisotopic (exact) mass is 274 g/mol. The second-order valence-corrected chi connectivity index (χ2v) is 4.48. The molecule has 1 aromatic carbocycles. The van der Waals surface area contributed by atoms with Crippen molar-refractivity contribution in [3.63, 3.8) is 0 Å². The summed E-state index contributed by atoms with van der Waals surface area (Å²) < 4.78 is 15.3. The Balaban J connectivity index is 2.42. The van der Waals surface area contributed by atoms with E-state index in [1.807, 2.05) is 0 Å². The van der Waals surface area contributed by atoms with Gasteiger partial charge in [0.05, 0.1) is 6.54 Å². The van der Waals surface area contributed by atoms with Crippen molar-refractivity contribution in [2.45, 2.75) is 13.5 Å². The Labute approximate surface area is 115 Å². The first-order valence-electron chi connectivity index (χ1n) is 6.20. The van der Waals surface area contributed by atoms with E-state index in [4.69, 9.17) is 0 Å². The van der Waals surface area contributed by atoms with Gasteiger partial charge in [0.25, 0.3) is 11.5 Å². The van der Waals surface area contributed by atoms with Gasteiger partial charge in [0.1, 0.15) is 11.4 Å². The van der Waals surface area contributed by atoms with E-state index >= 15 is 0 Å². The summed E-state index contributed by atoms with van der Waals surface area (Å²) in [5.74, 6) is -0.779. The van der Waals surface area contributed by atoms with E-state index in [-0.39, 0.29) is 17.9 Å². The highest BCUT2D eigenvalue weighted by molar-refractivity contribution is 5.93. The number of aromatic nitrogens is 1. The molecule has 0 unspecified atom stereocenters. The molecular formula is C15H15FN2O2. The smallest absolute Gasteiger partial charge is 0.263 e. The summed E-state index contributed by atoms with van der Waals surface area (Å²) in [6.07, 6.45) is 1.54. The minimum absolute atomic E-state index is 0.0445. The van der Waals surface area contributed by atoms with Crippen LogP contribution in [0.4, 0.5) is 4.39 Å². The van der Waals surface area contributed by atoms with Crippen LogP contribution in [0.15, 0.2) is 41.3 Å². The Morgan fingerprint density at radius 1 is 1.30 bits per heavy atom. The normalized spacial score (nSPS) is 10.3. The Morgan fingerprint density at radius 3 is 2.75 bits per heavy atom. The van der Waals surface area contributed by atoms with E-state index in [2.05, 4.69) is 5.32 Å². The van der Waals surface area contributed by atoms with E-state index in [1.165, 1.54) is 23.9 Å². The van der Waals surface area contributed by atoms with Crippen LogP contribution >= 0.6 is 0 Å². The molecule has 0 saturated heterocycles. The number of nitrogens with zero attached hydrogens (tertiary/aromatic N) is 1. The Bertz CT molecular complexity index is 707. The number of aryl methyl sites for hydroxylation is 1. The highest BCUT2D eigenvalue weighted by atomic mass is 19.1. The zero-order chi connectivity index (χ0) is 14.7. The fourth-order valence-electron chi connectivity index (χ4n) is 1.98. The fourth-order valence-corrected chi connectivity index (χ4v) is 1.98. The number of amides is 1. The Kier molecular flexibility index (Phi) is 3.98. The second kappa shape index (κ2) is 5.69. The van der Waals surface area contributed by atoms with Gasteiger partial charge in [-0.25, -0.2) is 4.39 Å². The quantitative estimate of drug-likeness (QED) is 0.926. The number of nitrogens with one attached hydrogen (secondary N) is 1. The summed E-state index contributed by atoms with van der Waals surface area (Å²) in [7, 11) is 1.46. The lowest BCUT2D eigenvalue weighted by atomic mass is 10.1. The van der Waals surface area contributed by atoms with Crippen molar-refractivity contribution < 1.29 is 9.18 Å². The molecule has 1 aromatic heterocycles. The average Bonchev–Trinajstić information content (AvgIpc) is 2.45. The van der Waals surface area contributed by atoms with Gasteiger partial charge >= 0.3 is 0 Å². The minimum Gasteiger partial charge on any atom is -0.355 e. The zero-order valence-corrected chi connectivity index (χ0v) is 11.3. The highest BCUT2D eigenvalue weighted by Gasteiger charge is 2.12. The van der Waals surface area contributed by atoms with Crippen molar-refractivity contribution in [1.29, 1.82) is 0 Å². The molecule has 1 N–H and O–H groups in total. The molecule has 0 fully saturated rings. The average molecular weight is 274 g/mol. The molecular weight excluding hydrogens is 259 g/mol. The predicted molar refractivity (Wildman–Crippen MR) is 74.3 cm³/mol. The van der Waals surface area contributed by atoms with Gasteiger partial charge < -0.3 is 9.88 Å². The lowest BCUT2D eigenvalue weighted by molar-refractivity contribution is 0.0961. The molecule has 0 aliphatic rings. The number of hydrogen-bond donors (Lipinski definition) is 1. The summed E-state index contributed by atoms with van der Waals surface area (Å²) in [5.41, 5.74) is 0.551. The number of carbonyl (C=O) groups is 1. The minimum atomic E-state index is -0.450. The van der Waals surface area contributed by atoms with Gasteiger partial charge in [-0.2, -0.15) is 0 Å². The molecule has 1 heterocycles. The number of benzene rings is 1. The molecule has 0 spiro atoms. The van der Waals surface area contributed by atoms with Crippen LogP contribution < -0.4 is 10.9 Å². The molecule has 1 amide bonds. The standard InChI is InChI=1S/C15H15FN2O2/c1-10-5-3-6-11(13(10)16)9-18-8-4-7-12(15(18)20)14(19)17-2/h3-8H,9H2,1-2H3,(H,17,19). The topological polar surface area (TPSA) is 51.1 Å². The molecule has 0 radical (unpaired) electrons. The SMILES string of the molecule is CNC(=O)c1cccn(Cc2cccc(C)c2F)c1=O. The summed E-state index contributed by atoms with van der Waals surface area (Å²) in [5, 5.41) is 2.41. The summed E-state index contributed by atoms with van der Waals surface area (Å²) >= 11 is 0. The van der Waals surface area contributed by atoms with Crippen LogP contribution in [0.1, 0.15) is 21.5 Å². The van der Waals surface area contributed by atoms with Crippen molar-refractivity contribution in [3.05, 3.63) is 69.4 Å². The first-order valence-corrected chi connectivity index (χ1v) is 6.20. The van der Waals surface area contributed by atoms with Gasteiger partial charge in [-0.05, 0) is 24.6 Å². The van der Waals surface area contributed by atoms with Gasteiger partial charge in [-0.15, -0.1) is 0 Å². The van der Waals surface area contributed by atoms with Crippen LogP contribution in [0.5, 0.6) is 0 Å². The maximum atomic E-state index is 13.9. The molecule has 0 atom stereocenters. The number of pyridine rings is 1. The zero-order valence-electron chi connectivity index (χ0n) is 11.3. The molecule has 104 valence electrons. The van der Waals surface area contributed by atoms with Crippen LogP contribution in [0.2, 0.25) is 0 Å². The van der Waals surface area contributed by atoms with Gasteiger partial charge in [-0.1, -0.05) is 18.2 Å². The van der Waals surface area contributed by atoms with Crippen LogP contribution in [0, 0.1) is 12.7 Å². The third-order valence-electron chi connectivity index (χ3n) is 3.10. The van der Waals surface area contributed by atoms with Gasteiger partial charge in [0, 0.05) is 18.8 Å². The van der Waals surface area contributed by atoms with Crippen molar-refractivity contribution in [2.75, 3.05) is 7.05 Å². The van der Waals surface area contributed by atoms with E-state index < -0.39 is 11.5 Å². The van der Waals surface area contributed by atoms with Crippen LogP contribution in [0.3, 0.4) is 0 Å². The third-order valence-corrected chi connectivity index (χ3v) is 3.10. The van der Waals surface area contributed by atoms with Gasteiger partial charge in [0.2, 0.25) is 0 Å². The fraction of sp³-hybridized carbons (Fsp3) is 0.200. The lowest BCUT2D eigenvalue weighted by Crippen LogP contribution is -2.31. The van der Waals surface area contributed by atoms with Gasteiger partial charge in [-0.3, -0.25) is 9.59 Å². The van der Waals surface area contributed by atoms with E-state index in [0.717, 1.165) is 0 Å². The summed E-state index contributed by atoms with van der Waals surface area (Å²) in [6.45, 7) is 1.76. The first-order chi connectivity index (χ1) is 9.54. The summed E-state index contributed by atoms with van der Waals surface area (Å²) in [6, 6.07) is 8.08. The molecule has 2 aromatic rings. The van der Waals surface area contributed by atoms with Gasteiger partial charge in [0.15, 0.2) is 0 Å². The largest absolute Gasteiger partial charge is 0.355 e. The number of halogens is 1. The Hall–Kier alpha value is -2.43. The highest BCUT2D eigenvalue weighted by Crippen LogP contribution is 2.12. The number of rotatable bonds is 3. The first kappa shape index (κ1) is 14.0. The molecule has 0 aliphatic heterocycles. The van der Waals surface area contributed by atoms with E-state index in [9.17, 15) is 14.0 Å². The molecule has 5 heteroatoms. The molecule has 20 heavy (non-hydrogen) atoms. The summed E-state index contributed by atoms with van der Waals surface area (Å²) in [4.78, 5) is 23.7. The predicted octanol–water partition coefficient (Wildman–Crippen LogP) is 1.70. The maximum Gasteiger partial charge on any atom is 0.263 e.